The van der Waals surface area contributed by atoms with E-state index >= 15 is 0 Å². The van der Waals surface area contributed by atoms with Gasteiger partial charge in [0.1, 0.15) is 11.6 Å². The van der Waals surface area contributed by atoms with Crippen LogP contribution in [0.3, 0.4) is 0 Å². The van der Waals surface area contributed by atoms with Crippen LogP contribution in [-0.2, 0) is 6.54 Å². The maximum Gasteiger partial charge on any atom is 0.130 e. The van der Waals surface area contributed by atoms with Gasteiger partial charge in [0.25, 0.3) is 0 Å². The third-order valence-electron chi connectivity index (χ3n) is 3.73. The molecule has 1 aromatic rings. The number of rotatable bonds is 3. The van der Waals surface area contributed by atoms with Crippen molar-refractivity contribution < 1.29 is 8.78 Å². The van der Waals surface area contributed by atoms with Crippen LogP contribution in [0.15, 0.2) is 18.2 Å². The van der Waals surface area contributed by atoms with E-state index in [1.807, 2.05) is 6.92 Å². The van der Waals surface area contributed by atoms with Crippen LogP contribution in [0.1, 0.15) is 25.3 Å². The Kier molecular flexibility index (Phi) is 6.17. The van der Waals surface area contributed by atoms with Gasteiger partial charge >= 0.3 is 0 Å². The average molecular weight is 291 g/mol. The smallest absolute Gasteiger partial charge is 0.130 e. The quantitative estimate of drug-likeness (QED) is 0.927. The lowest BCUT2D eigenvalue weighted by Gasteiger charge is -2.34. The van der Waals surface area contributed by atoms with Crippen LogP contribution in [0.25, 0.3) is 0 Å². The van der Waals surface area contributed by atoms with Crippen molar-refractivity contribution >= 4 is 12.4 Å². The standard InChI is InChI=1S/C14H20F2N2.ClH/c1-10(17)11-4-3-7-18(8-11)9-12-13(15)5-2-6-14(12)16;/h2,5-6,10-11H,3-4,7-9,17H2,1H3;1H. The lowest BCUT2D eigenvalue weighted by atomic mass is 9.92. The van der Waals surface area contributed by atoms with E-state index in [9.17, 15) is 8.78 Å². The van der Waals surface area contributed by atoms with E-state index in [2.05, 4.69) is 4.90 Å². The van der Waals surface area contributed by atoms with Crippen LogP contribution >= 0.6 is 12.4 Å². The van der Waals surface area contributed by atoms with Crippen molar-refractivity contribution in [3.8, 4) is 0 Å². The van der Waals surface area contributed by atoms with Crippen molar-refractivity contribution in [2.45, 2.75) is 32.4 Å². The minimum atomic E-state index is -0.460. The summed E-state index contributed by atoms with van der Waals surface area (Å²) < 4.78 is 27.1. The highest BCUT2D eigenvalue weighted by Gasteiger charge is 2.24. The number of hydrogen-bond acceptors (Lipinski definition) is 2. The molecule has 1 fully saturated rings. The van der Waals surface area contributed by atoms with Gasteiger partial charge in [-0.3, -0.25) is 4.90 Å². The third-order valence-corrected chi connectivity index (χ3v) is 3.73. The molecule has 1 aromatic carbocycles. The predicted octanol–water partition coefficient (Wildman–Crippen LogP) is 2.95. The van der Waals surface area contributed by atoms with Crippen molar-refractivity contribution in [1.82, 2.24) is 4.90 Å². The summed E-state index contributed by atoms with van der Waals surface area (Å²) in [6, 6.07) is 4.16. The lowest BCUT2D eigenvalue weighted by molar-refractivity contribution is 0.151. The molecule has 1 aliphatic rings. The minimum Gasteiger partial charge on any atom is -0.328 e. The first-order valence-electron chi connectivity index (χ1n) is 6.48. The molecule has 0 saturated carbocycles. The normalized spacial score (nSPS) is 21.8. The van der Waals surface area contributed by atoms with Gasteiger partial charge in [-0.25, -0.2) is 8.78 Å². The van der Waals surface area contributed by atoms with Crippen molar-refractivity contribution in [1.29, 1.82) is 0 Å². The van der Waals surface area contributed by atoms with E-state index in [-0.39, 0.29) is 24.0 Å². The first kappa shape index (κ1) is 16.3. The van der Waals surface area contributed by atoms with E-state index in [1.165, 1.54) is 18.2 Å². The van der Waals surface area contributed by atoms with E-state index in [0.29, 0.717) is 12.5 Å². The zero-order valence-corrected chi connectivity index (χ0v) is 11.9. The molecule has 108 valence electrons. The second kappa shape index (κ2) is 7.17. The molecule has 2 nitrogen and oxygen atoms in total. The Morgan fingerprint density at radius 2 is 2.00 bits per heavy atom. The first-order chi connectivity index (χ1) is 8.58. The predicted molar refractivity (Wildman–Crippen MR) is 75.3 cm³/mol. The fraction of sp³-hybridized carbons (Fsp3) is 0.571. The van der Waals surface area contributed by atoms with Gasteiger partial charge < -0.3 is 5.73 Å². The van der Waals surface area contributed by atoms with Gasteiger partial charge in [0, 0.05) is 24.7 Å². The molecule has 0 bridgehead atoms. The Morgan fingerprint density at radius 3 is 2.58 bits per heavy atom. The summed E-state index contributed by atoms with van der Waals surface area (Å²) in [5.74, 6) is -0.496. The molecule has 1 heterocycles. The molecular formula is C14H21ClF2N2. The van der Waals surface area contributed by atoms with Crippen LogP contribution in [0.5, 0.6) is 0 Å². The van der Waals surface area contributed by atoms with Gasteiger partial charge in [0.2, 0.25) is 0 Å². The average Bonchev–Trinajstić information content (AvgIpc) is 2.34. The van der Waals surface area contributed by atoms with Crippen LogP contribution in [0, 0.1) is 17.6 Å². The largest absolute Gasteiger partial charge is 0.328 e. The molecule has 19 heavy (non-hydrogen) atoms. The topological polar surface area (TPSA) is 29.3 Å². The third kappa shape index (κ3) is 4.13. The summed E-state index contributed by atoms with van der Waals surface area (Å²) in [4.78, 5) is 2.10. The van der Waals surface area contributed by atoms with Crippen molar-refractivity contribution in [2.75, 3.05) is 13.1 Å². The van der Waals surface area contributed by atoms with Gasteiger partial charge in [0.05, 0.1) is 0 Å². The molecule has 0 spiro atoms. The summed E-state index contributed by atoms with van der Waals surface area (Å²) in [5, 5.41) is 0. The van der Waals surface area contributed by atoms with Crippen molar-refractivity contribution in [2.24, 2.45) is 11.7 Å². The van der Waals surface area contributed by atoms with E-state index < -0.39 is 11.6 Å². The van der Waals surface area contributed by atoms with E-state index in [0.717, 1.165) is 25.9 Å². The maximum atomic E-state index is 13.6. The molecule has 0 aromatic heterocycles. The highest BCUT2D eigenvalue weighted by Crippen LogP contribution is 2.22. The monoisotopic (exact) mass is 290 g/mol. The first-order valence-corrected chi connectivity index (χ1v) is 6.48. The second-order valence-corrected chi connectivity index (χ2v) is 5.20. The summed E-state index contributed by atoms with van der Waals surface area (Å²) >= 11 is 0. The zero-order chi connectivity index (χ0) is 13.1. The number of halogens is 3. The Morgan fingerprint density at radius 1 is 1.37 bits per heavy atom. The zero-order valence-electron chi connectivity index (χ0n) is 11.1. The van der Waals surface area contributed by atoms with Gasteiger partial charge in [-0.1, -0.05) is 6.07 Å². The molecule has 2 atom stereocenters. The van der Waals surface area contributed by atoms with E-state index in [4.69, 9.17) is 5.73 Å². The molecule has 0 radical (unpaired) electrons. The highest BCUT2D eigenvalue weighted by molar-refractivity contribution is 5.85. The van der Waals surface area contributed by atoms with E-state index in [1.54, 1.807) is 0 Å². The van der Waals surface area contributed by atoms with Crippen LogP contribution in [0.2, 0.25) is 0 Å². The Labute approximate surface area is 119 Å². The highest BCUT2D eigenvalue weighted by atomic mass is 35.5. The number of likely N-dealkylation sites (tertiary alicyclic amines) is 1. The van der Waals surface area contributed by atoms with Crippen LogP contribution < -0.4 is 5.73 Å². The molecule has 0 aliphatic carbocycles. The summed E-state index contributed by atoms with van der Waals surface area (Å²) in [6.45, 7) is 4.04. The molecule has 5 heteroatoms. The van der Waals surface area contributed by atoms with Crippen molar-refractivity contribution in [3.05, 3.63) is 35.4 Å². The second-order valence-electron chi connectivity index (χ2n) is 5.20. The molecule has 2 rings (SSSR count). The van der Waals surface area contributed by atoms with Crippen LogP contribution in [0.4, 0.5) is 8.78 Å². The van der Waals surface area contributed by atoms with Gasteiger partial charge in [-0.15, -0.1) is 12.4 Å². The SMILES string of the molecule is CC(N)C1CCCN(Cc2c(F)cccc2F)C1.Cl. The summed E-state index contributed by atoms with van der Waals surface area (Å²) in [7, 11) is 0. The van der Waals surface area contributed by atoms with Crippen molar-refractivity contribution in [3.63, 3.8) is 0 Å². The number of piperidine rings is 1. The Bertz CT molecular complexity index is 392. The minimum absolute atomic E-state index is 0. The molecular weight excluding hydrogens is 270 g/mol. The number of benzene rings is 1. The van der Waals surface area contributed by atoms with Crippen LogP contribution in [-0.4, -0.2) is 24.0 Å². The molecule has 1 saturated heterocycles. The summed E-state index contributed by atoms with van der Waals surface area (Å²) in [6.07, 6.45) is 2.15. The fourth-order valence-corrected chi connectivity index (χ4v) is 2.57. The number of nitrogens with zero attached hydrogens (tertiary/aromatic N) is 1. The van der Waals surface area contributed by atoms with Gasteiger partial charge in [-0.05, 0) is 44.4 Å². The fourth-order valence-electron chi connectivity index (χ4n) is 2.57. The number of hydrogen-bond donors (Lipinski definition) is 1. The molecule has 2 N–H and O–H groups in total. The lowest BCUT2D eigenvalue weighted by Crippen LogP contribution is -2.42. The van der Waals surface area contributed by atoms with Gasteiger partial charge in [0.15, 0.2) is 0 Å². The molecule has 2 unspecified atom stereocenters. The number of nitrogens with two attached hydrogens (primary N) is 1. The summed E-state index contributed by atoms with van der Waals surface area (Å²) in [5.41, 5.74) is 6.08. The Hall–Kier alpha value is -0.710. The Balaban J connectivity index is 0.00000180. The molecule has 0 amide bonds. The van der Waals surface area contributed by atoms with Gasteiger partial charge in [-0.2, -0.15) is 0 Å². The molecule has 1 aliphatic heterocycles. The maximum absolute atomic E-state index is 13.6.